The molecule has 19 heavy (non-hydrogen) atoms. The van der Waals surface area contributed by atoms with Gasteiger partial charge in [0.25, 0.3) is 5.91 Å². The van der Waals surface area contributed by atoms with E-state index in [1.165, 1.54) is 23.1 Å². The van der Waals surface area contributed by atoms with Gasteiger partial charge in [0, 0.05) is 0 Å². The Labute approximate surface area is 104 Å². The Bertz CT molecular complexity index is 592. The largest absolute Gasteiger partial charge is 0.573 e. The third kappa shape index (κ3) is 3.21. The van der Waals surface area contributed by atoms with E-state index < -0.39 is 12.3 Å². The molecule has 6 nitrogen and oxygen atoms in total. The number of carbonyl (C=O) groups excluding carboxylic acids is 1. The van der Waals surface area contributed by atoms with E-state index >= 15 is 0 Å². The standard InChI is InChI=1S/C10H7F3N4O2/c11-10(12,13)19-7-3-1-6(2-4-7)17-5-15-9(16-17)8(14)18/h1-5H,(H2,14,18). The Balaban J connectivity index is 2.20. The molecule has 0 aliphatic rings. The summed E-state index contributed by atoms with van der Waals surface area (Å²) in [6.45, 7) is 0. The molecule has 0 spiro atoms. The molecule has 0 saturated heterocycles. The Morgan fingerprint density at radius 2 is 1.89 bits per heavy atom. The van der Waals surface area contributed by atoms with Crippen molar-refractivity contribution in [3.05, 3.63) is 36.4 Å². The quantitative estimate of drug-likeness (QED) is 0.911. The van der Waals surface area contributed by atoms with Crippen molar-refractivity contribution in [3.8, 4) is 11.4 Å². The summed E-state index contributed by atoms with van der Waals surface area (Å²) in [4.78, 5) is 14.4. The fraction of sp³-hybridized carbons (Fsp3) is 0.100. The molecule has 0 aliphatic carbocycles. The van der Waals surface area contributed by atoms with Crippen molar-refractivity contribution in [1.82, 2.24) is 14.8 Å². The van der Waals surface area contributed by atoms with Crippen LogP contribution in [-0.4, -0.2) is 27.0 Å². The van der Waals surface area contributed by atoms with Gasteiger partial charge in [-0.15, -0.1) is 18.3 Å². The first-order valence-electron chi connectivity index (χ1n) is 4.93. The van der Waals surface area contributed by atoms with E-state index in [9.17, 15) is 18.0 Å². The monoisotopic (exact) mass is 272 g/mol. The summed E-state index contributed by atoms with van der Waals surface area (Å²) in [6, 6.07) is 4.91. The molecule has 0 fully saturated rings. The van der Waals surface area contributed by atoms with Gasteiger partial charge in [-0.2, -0.15) is 0 Å². The SMILES string of the molecule is NC(=O)c1ncn(-c2ccc(OC(F)(F)F)cc2)n1. The van der Waals surface area contributed by atoms with Gasteiger partial charge in [-0.05, 0) is 24.3 Å². The lowest BCUT2D eigenvalue weighted by Gasteiger charge is -2.08. The molecule has 1 heterocycles. The molecule has 1 aromatic carbocycles. The number of rotatable bonds is 3. The van der Waals surface area contributed by atoms with Crippen LogP contribution >= 0.6 is 0 Å². The zero-order chi connectivity index (χ0) is 14.0. The van der Waals surface area contributed by atoms with Gasteiger partial charge >= 0.3 is 6.36 Å². The van der Waals surface area contributed by atoms with E-state index in [4.69, 9.17) is 5.73 Å². The number of aromatic nitrogens is 3. The Hall–Kier alpha value is -2.58. The van der Waals surface area contributed by atoms with Crippen LogP contribution < -0.4 is 10.5 Å². The molecule has 2 aromatic rings. The molecule has 0 aliphatic heterocycles. The predicted octanol–water partition coefficient (Wildman–Crippen LogP) is 1.26. The van der Waals surface area contributed by atoms with Gasteiger partial charge in [0.1, 0.15) is 12.1 Å². The summed E-state index contributed by atoms with van der Waals surface area (Å²) >= 11 is 0. The lowest BCUT2D eigenvalue weighted by molar-refractivity contribution is -0.274. The maximum atomic E-state index is 12.0. The van der Waals surface area contributed by atoms with Crippen LogP contribution in [0.4, 0.5) is 13.2 Å². The van der Waals surface area contributed by atoms with Crippen molar-refractivity contribution in [3.63, 3.8) is 0 Å². The van der Waals surface area contributed by atoms with Crippen molar-refractivity contribution in [1.29, 1.82) is 0 Å². The average Bonchev–Trinajstić information content (AvgIpc) is 2.77. The summed E-state index contributed by atoms with van der Waals surface area (Å²) in [5, 5.41) is 3.75. The fourth-order valence-electron chi connectivity index (χ4n) is 1.30. The molecular formula is C10H7F3N4O2. The van der Waals surface area contributed by atoms with Crippen molar-refractivity contribution >= 4 is 5.91 Å². The minimum atomic E-state index is -4.74. The number of ether oxygens (including phenoxy) is 1. The van der Waals surface area contributed by atoms with Crippen LogP contribution in [0.25, 0.3) is 5.69 Å². The normalized spacial score (nSPS) is 11.3. The second-order valence-electron chi connectivity index (χ2n) is 3.42. The number of hydrogen-bond acceptors (Lipinski definition) is 4. The van der Waals surface area contributed by atoms with Gasteiger partial charge < -0.3 is 10.5 Å². The molecule has 0 saturated carbocycles. The minimum absolute atomic E-state index is 0.185. The molecule has 1 aromatic heterocycles. The number of carbonyl (C=O) groups is 1. The van der Waals surface area contributed by atoms with Gasteiger partial charge in [-0.3, -0.25) is 4.79 Å². The maximum Gasteiger partial charge on any atom is 0.573 e. The molecule has 9 heteroatoms. The number of halogens is 3. The molecule has 0 unspecified atom stereocenters. The second kappa shape index (κ2) is 4.59. The molecule has 0 bridgehead atoms. The highest BCUT2D eigenvalue weighted by Crippen LogP contribution is 2.23. The first-order valence-corrected chi connectivity index (χ1v) is 4.93. The van der Waals surface area contributed by atoms with Crippen LogP contribution in [-0.2, 0) is 0 Å². The van der Waals surface area contributed by atoms with Crippen molar-refractivity contribution in [2.45, 2.75) is 6.36 Å². The molecule has 0 atom stereocenters. The first kappa shape index (κ1) is 12.9. The molecule has 2 N–H and O–H groups in total. The van der Waals surface area contributed by atoms with Gasteiger partial charge in [0.2, 0.25) is 5.82 Å². The second-order valence-corrected chi connectivity index (χ2v) is 3.42. The molecular weight excluding hydrogens is 265 g/mol. The summed E-state index contributed by atoms with van der Waals surface area (Å²) in [7, 11) is 0. The van der Waals surface area contributed by atoms with Crippen molar-refractivity contribution in [2.75, 3.05) is 0 Å². The summed E-state index contributed by atoms with van der Waals surface area (Å²) in [5.74, 6) is -1.34. The van der Waals surface area contributed by atoms with Crippen LogP contribution in [0.15, 0.2) is 30.6 Å². The summed E-state index contributed by atoms with van der Waals surface area (Å²) < 4.78 is 40.8. The average molecular weight is 272 g/mol. The Morgan fingerprint density at radius 1 is 1.26 bits per heavy atom. The van der Waals surface area contributed by atoms with E-state index in [0.29, 0.717) is 5.69 Å². The zero-order valence-electron chi connectivity index (χ0n) is 9.26. The van der Waals surface area contributed by atoms with E-state index in [1.54, 1.807) is 0 Å². The van der Waals surface area contributed by atoms with Crippen LogP contribution in [0.2, 0.25) is 0 Å². The number of amides is 1. The Morgan fingerprint density at radius 3 is 2.37 bits per heavy atom. The number of primary amides is 1. The van der Waals surface area contributed by atoms with E-state index in [1.807, 2.05) is 0 Å². The molecule has 0 radical (unpaired) electrons. The highest BCUT2D eigenvalue weighted by Gasteiger charge is 2.30. The van der Waals surface area contributed by atoms with Crippen LogP contribution in [0.3, 0.4) is 0 Å². The highest BCUT2D eigenvalue weighted by molar-refractivity contribution is 5.88. The van der Waals surface area contributed by atoms with Crippen molar-refractivity contribution in [2.24, 2.45) is 5.73 Å². The van der Waals surface area contributed by atoms with Crippen LogP contribution in [0.5, 0.6) is 5.75 Å². The van der Waals surface area contributed by atoms with Crippen LogP contribution in [0.1, 0.15) is 10.6 Å². The molecule has 100 valence electrons. The van der Waals surface area contributed by atoms with Crippen LogP contribution in [0, 0.1) is 0 Å². The molecule has 1 amide bonds. The number of benzene rings is 1. The smallest absolute Gasteiger partial charge is 0.406 e. The minimum Gasteiger partial charge on any atom is -0.406 e. The summed E-state index contributed by atoms with van der Waals surface area (Å²) in [6.07, 6.45) is -3.52. The maximum absolute atomic E-state index is 12.0. The summed E-state index contributed by atoms with van der Waals surface area (Å²) in [5.41, 5.74) is 5.39. The third-order valence-electron chi connectivity index (χ3n) is 2.05. The first-order chi connectivity index (χ1) is 8.85. The lowest BCUT2D eigenvalue weighted by atomic mass is 10.3. The van der Waals surface area contributed by atoms with Gasteiger partial charge in [-0.1, -0.05) is 0 Å². The lowest BCUT2D eigenvalue weighted by Crippen LogP contribution is -2.17. The number of alkyl halides is 3. The predicted molar refractivity (Wildman–Crippen MR) is 56.6 cm³/mol. The third-order valence-corrected chi connectivity index (χ3v) is 2.05. The van der Waals surface area contributed by atoms with Crippen molar-refractivity contribution < 1.29 is 22.7 Å². The topological polar surface area (TPSA) is 83.0 Å². The van der Waals surface area contributed by atoms with E-state index in [0.717, 1.165) is 12.1 Å². The van der Waals surface area contributed by atoms with Gasteiger partial charge in [0.05, 0.1) is 5.69 Å². The number of nitrogens with two attached hydrogens (primary N) is 1. The van der Waals surface area contributed by atoms with E-state index in [-0.39, 0.29) is 11.6 Å². The van der Waals surface area contributed by atoms with E-state index in [2.05, 4.69) is 14.8 Å². The number of nitrogens with zero attached hydrogens (tertiary/aromatic N) is 3. The number of hydrogen-bond donors (Lipinski definition) is 1. The molecule has 2 rings (SSSR count). The zero-order valence-corrected chi connectivity index (χ0v) is 9.26. The fourth-order valence-corrected chi connectivity index (χ4v) is 1.30. The van der Waals surface area contributed by atoms with Gasteiger partial charge in [-0.25, -0.2) is 9.67 Å². The Kier molecular flexibility index (Phi) is 3.11. The van der Waals surface area contributed by atoms with Gasteiger partial charge in [0.15, 0.2) is 0 Å². The highest BCUT2D eigenvalue weighted by atomic mass is 19.4.